The highest BCUT2D eigenvalue weighted by Gasteiger charge is 2.26. The zero-order valence-electron chi connectivity index (χ0n) is 13.1. The van der Waals surface area contributed by atoms with Crippen LogP contribution in [-0.2, 0) is 6.54 Å². The fourth-order valence-corrected chi connectivity index (χ4v) is 3.30. The van der Waals surface area contributed by atoms with Crippen molar-refractivity contribution >= 4 is 11.3 Å². The van der Waals surface area contributed by atoms with Gasteiger partial charge in [-0.1, -0.05) is 26.8 Å². The van der Waals surface area contributed by atoms with Crippen LogP contribution in [-0.4, -0.2) is 9.78 Å². The van der Waals surface area contributed by atoms with Crippen molar-refractivity contribution in [3.63, 3.8) is 0 Å². The third-order valence-electron chi connectivity index (χ3n) is 3.37. The molecular weight excluding hydrogens is 266 g/mol. The normalized spacial score (nSPS) is 13.9. The number of nitrogens with one attached hydrogen (secondary N) is 1. The highest BCUT2D eigenvalue weighted by Crippen LogP contribution is 2.35. The Balaban J connectivity index is 2.05. The highest BCUT2D eigenvalue weighted by atomic mass is 32.1. The molecule has 0 aromatic carbocycles. The number of hydrogen-bond acceptors (Lipinski definition) is 3. The molecule has 0 bridgehead atoms. The highest BCUT2D eigenvalue weighted by molar-refractivity contribution is 7.10. The third kappa shape index (κ3) is 3.70. The second-order valence-corrected chi connectivity index (χ2v) is 7.56. The molecule has 1 atom stereocenters. The molecule has 0 aliphatic carbocycles. The number of hydrogen-bond donors (Lipinski definition) is 1. The van der Waals surface area contributed by atoms with Crippen molar-refractivity contribution in [3.8, 4) is 0 Å². The second kappa shape index (κ2) is 6.10. The van der Waals surface area contributed by atoms with Crippen LogP contribution in [0.3, 0.4) is 0 Å². The minimum Gasteiger partial charge on any atom is -0.303 e. The summed E-state index contributed by atoms with van der Waals surface area (Å²) in [7, 11) is 0. The van der Waals surface area contributed by atoms with E-state index in [1.165, 1.54) is 4.88 Å². The van der Waals surface area contributed by atoms with Crippen LogP contribution in [0.4, 0.5) is 0 Å². The predicted molar refractivity (Wildman–Crippen MR) is 86.0 cm³/mol. The largest absolute Gasteiger partial charge is 0.303 e. The fraction of sp³-hybridized carbons (Fsp3) is 0.562. The Morgan fingerprint density at radius 1 is 1.30 bits per heavy atom. The third-order valence-corrected chi connectivity index (χ3v) is 4.31. The second-order valence-electron chi connectivity index (χ2n) is 6.58. The minimum atomic E-state index is 0.186. The number of thiophene rings is 1. The summed E-state index contributed by atoms with van der Waals surface area (Å²) in [4.78, 5) is 1.39. The summed E-state index contributed by atoms with van der Waals surface area (Å²) in [5.41, 5.74) is 1.29. The van der Waals surface area contributed by atoms with Crippen molar-refractivity contribution in [2.24, 2.45) is 5.41 Å². The number of rotatable bonds is 5. The Kier molecular flexibility index (Phi) is 4.66. The summed E-state index contributed by atoms with van der Waals surface area (Å²) < 4.78 is 2.01. The van der Waals surface area contributed by atoms with E-state index in [4.69, 9.17) is 0 Å². The lowest BCUT2D eigenvalue weighted by molar-refractivity contribution is 0.273. The van der Waals surface area contributed by atoms with Crippen LogP contribution in [0.1, 0.15) is 57.3 Å². The van der Waals surface area contributed by atoms with Crippen LogP contribution < -0.4 is 5.32 Å². The smallest absolute Gasteiger partial charge is 0.0762 e. The van der Waals surface area contributed by atoms with Crippen LogP contribution in [0, 0.1) is 5.41 Å². The molecule has 2 heterocycles. The van der Waals surface area contributed by atoms with E-state index >= 15 is 0 Å². The fourth-order valence-electron chi connectivity index (χ4n) is 2.25. The molecule has 2 aromatic rings. The lowest BCUT2D eigenvalue weighted by atomic mass is 9.86. The van der Waals surface area contributed by atoms with Gasteiger partial charge in [0.25, 0.3) is 0 Å². The first kappa shape index (κ1) is 15.3. The molecule has 0 amide bonds. The van der Waals surface area contributed by atoms with E-state index in [-0.39, 0.29) is 5.41 Å². The van der Waals surface area contributed by atoms with Gasteiger partial charge in [0.1, 0.15) is 0 Å². The van der Waals surface area contributed by atoms with Crippen molar-refractivity contribution in [1.82, 2.24) is 15.1 Å². The van der Waals surface area contributed by atoms with Gasteiger partial charge in [0.15, 0.2) is 0 Å². The molecule has 0 aliphatic heterocycles. The lowest BCUT2D eigenvalue weighted by Crippen LogP contribution is -2.31. The molecule has 0 unspecified atom stereocenters. The van der Waals surface area contributed by atoms with E-state index < -0.39 is 0 Å². The van der Waals surface area contributed by atoms with E-state index in [0.29, 0.717) is 12.1 Å². The van der Waals surface area contributed by atoms with Crippen molar-refractivity contribution in [2.75, 3.05) is 0 Å². The molecule has 3 nitrogen and oxygen atoms in total. The molecule has 0 radical (unpaired) electrons. The van der Waals surface area contributed by atoms with Gasteiger partial charge in [-0.15, -0.1) is 11.3 Å². The Bertz CT molecular complexity index is 520. The van der Waals surface area contributed by atoms with Gasteiger partial charge in [-0.3, -0.25) is 4.68 Å². The molecule has 2 rings (SSSR count). The zero-order valence-corrected chi connectivity index (χ0v) is 13.9. The maximum atomic E-state index is 4.60. The van der Waals surface area contributed by atoms with Crippen molar-refractivity contribution in [1.29, 1.82) is 0 Å². The Morgan fingerprint density at radius 2 is 2.05 bits per heavy atom. The number of aromatic nitrogens is 2. The zero-order chi connectivity index (χ0) is 14.8. The monoisotopic (exact) mass is 291 g/mol. The molecule has 0 spiro atoms. The minimum absolute atomic E-state index is 0.186. The van der Waals surface area contributed by atoms with E-state index in [0.717, 1.165) is 12.2 Å². The van der Waals surface area contributed by atoms with Gasteiger partial charge >= 0.3 is 0 Å². The molecule has 4 heteroatoms. The molecule has 0 aliphatic rings. The summed E-state index contributed by atoms with van der Waals surface area (Å²) in [6.07, 6.45) is 2.05. The van der Waals surface area contributed by atoms with Gasteiger partial charge < -0.3 is 5.32 Å². The van der Waals surface area contributed by atoms with Crippen LogP contribution in [0.2, 0.25) is 0 Å². The van der Waals surface area contributed by atoms with Gasteiger partial charge in [-0.2, -0.15) is 5.10 Å². The quantitative estimate of drug-likeness (QED) is 0.884. The average molecular weight is 291 g/mol. The molecule has 20 heavy (non-hydrogen) atoms. The lowest BCUT2D eigenvalue weighted by Gasteiger charge is -2.30. The van der Waals surface area contributed by atoms with Crippen molar-refractivity contribution in [3.05, 3.63) is 40.3 Å². The summed E-state index contributed by atoms with van der Waals surface area (Å²) in [6.45, 7) is 11.9. The first-order valence-electron chi connectivity index (χ1n) is 7.19. The van der Waals surface area contributed by atoms with Gasteiger partial charge in [-0.05, 0) is 36.8 Å². The maximum Gasteiger partial charge on any atom is 0.0762 e. The maximum absolute atomic E-state index is 4.60. The Hall–Kier alpha value is -1.13. The molecule has 1 N–H and O–H groups in total. The summed E-state index contributed by atoms with van der Waals surface area (Å²) in [6, 6.07) is 7.20. The Labute approximate surface area is 126 Å². The number of nitrogens with zero attached hydrogens (tertiary/aromatic N) is 2. The summed E-state index contributed by atoms with van der Waals surface area (Å²) in [5, 5.41) is 10.4. The summed E-state index contributed by atoms with van der Waals surface area (Å²) in [5.74, 6) is 0. The molecule has 0 saturated heterocycles. The van der Waals surface area contributed by atoms with E-state index in [9.17, 15) is 0 Å². The predicted octanol–water partition coefficient (Wildman–Crippen LogP) is 4.40. The molecule has 110 valence electrons. The van der Waals surface area contributed by atoms with Gasteiger partial charge in [0, 0.05) is 29.7 Å². The van der Waals surface area contributed by atoms with Crippen LogP contribution in [0.5, 0.6) is 0 Å². The van der Waals surface area contributed by atoms with E-state index in [1.54, 1.807) is 0 Å². The molecular formula is C16H25N3S. The van der Waals surface area contributed by atoms with Crippen LogP contribution >= 0.6 is 11.3 Å². The van der Waals surface area contributed by atoms with Crippen LogP contribution in [0.25, 0.3) is 0 Å². The van der Waals surface area contributed by atoms with E-state index in [1.807, 2.05) is 16.0 Å². The topological polar surface area (TPSA) is 29.9 Å². The van der Waals surface area contributed by atoms with Gasteiger partial charge in [-0.25, -0.2) is 0 Å². The van der Waals surface area contributed by atoms with E-state index in [2.05, 4.69) is 74.8 Å². The van der Waals surface area contributed by atoms with Gasteiger partial charge in [0.2, 0.25) is 0 Å². The van der Waals surface area contributed by atoms with Crippen molar-refractivity contribution < 1.29 is 0 Å². The Morgan fingerprint density at radius 3 is 2.55 bits per heavy atom. The first-order valence-corrected chi connectivity index (χ1v) is 8.06. The average Bonchev–Trinajstić information content (AvgIpc) is 2.97. The van der Waals surface area contributed by atoms with Crippen molar-refractivity contribution in [2.45, 2.75) is 53.2 Å². The van der Waals surface area contributed by atoms with Crippen LogP contribution in [0.15, 0.2) is 29.8 Å². The SMILES string of the molecule is CC(C)n1ccc(CN[C@H](c2cccs2)C(C)(C)C)n1. The van der Waals surface area contributed by atoms with Gasteiger partial charge in [0.05, 0.1) is 5.69 Å². The summed E-state index contributed by atoms with van der Waals surface area (Å²) >= 11 is 1.82. The molecule has 0 saturated carbocycles. The molecule has 2 aromatic heterocycles. The standard InChI is InChI=1S/C16H25N3S/c1-12(2)19-9-8-13(18-19)11-17-15(16(3,4)5)14-7-6-10-20-14/h6-10,12,15,17H,11H2,1-5H3/t15-/m1/s1. The molecule has 0 fully saturated rings. The first-order chi connectivity index (χ1) is 9.38.